The minimum absolute atomic E-state index is 0.151. The summed E-state index contributed by atoms with van der Waals surface area (Å²) in [6.07, 6.45) is 0. The molecule has 0 atom stereocenters. The number of hydrogen-bond donors (Lipinski definition) is 1. The van der Waals surface area contributed by atoms with Gasteiger partial charge in [-0.25, -0.2) is 13.2 Å². The number of benzene rings is 2. The van der Waals surface area contributed by atoms with Crippen LogP contribution in [0.2, 0.25) is 0 Å². The molecule has 2 aromatic rings. The first-order valence-corrected chi connectivity index (χ1v) is 9.88. The van der Waals surface area contributed by atoms with Crippen LogP contribution in [0, 0.1) is 0 Å². The predicted molar refractivity (Wildman–Crippen MR) is 102 cm³/mol. The van der Waals surface area contributed by atoms with Gasteiger partial charge in [0.2, 0.25) is 10.0 Å². The Morgan fingerprint density at radius 1 is 0.963 bits per heavy atom. The molecule has 0 unspecified atom stereocenters. The molecular weight excluding hydrogens is 368 g/mol. The van der Waals surface area contributed by atoms with Gasteiger partial charge in [0, 0.05) is 18.8 Å². The van der Waals surface area contributed by atoms with E-state index in [1.165, 1.54) is 47.8 Å². The number of nitrogens with one attached hydrogen (secondary N) is 1. The molecule has 0 saturated carbocycles. The summed E-state index contributed by atoms with van der Waals surface area (Å²) in [6.45, 7) is 4.30. The molecule has 1 amide bonds. The summed E-state index contributed by atoms with van der Waals surface area (Å²) >= 11 is 0. The zero-order valence-electron chi connectivity index (χ0n) is 15.4. The highest BCUT2D eigenvalue weighted by molar-refractivity contribution is 7.89. The van der Waals surface area contributed by atoms with Gasteiger partial charge < -0.3 is 10.1 Å². The Balaban J connectivity index is 2.23. The number of amides is 1. The van der Waals surface area contributed by atoms with Gasteiger partial charge in [-0.2, -0.15) is 4.31 Å². The van der Waals surface area contributed by atoms with Crippen LogP contribution >= 0.6 is 0 Å². The highest BCUT2D eigenvalue weighted by atomic mass is 32.2. The summed E-state index contributed by atoms with van der Waals surface area (Å²) in [5.41, 5.74) is 0.737. The molecule has 0 saturated heterocycles. The second-order valence-corrected chi connectivity index (χ2v) is 7.54. The van der Waals surface area contributed by atoms with Gasteiger partial charge in [-0.15, -0.1) is 0 Å². The molecule has 0 fully saturated rings. The van der Waals surface area contributed by atoms with Crippen LogP contribution < -0.4 is 5.32 Å². The lowest BCUT2D eigenvalue weighted by molar-refractivity contribution is 0.0597. The lowest BCUT2D eigenvalue weighted by Crippen LogP contribution is -2.30. The minimum atomic E-state index is -3.56. The van der Waals surface area contributed by atoms with Crippen molar-refractivity contribution >= 4 is 27.6 Å². The standard InChI is InChI=1S/C19H22N2O5S/c1-4-21(5-2)27(24,25)15-12-10-14(11-13-15)20-18(22)16-8-6-7-9-17(16)19(23)26-3/h6-13H,4-5H2,1-3H3,(H,20,22). The molecule has 0 radical (unpaired) electrons. The van der Waals surface area contributed by atoms with Crippen molar-refractivity contribution in [3.05, 3.63) is 59.7 Å². The van der Waals surface area contributed by atoms with Crippen LogP contribution in [-0.2, 0) is 14.8 Å². The molecule has 0 aliphatic rings. The van der Waals surface area contributed by atoms with E-state index in [0.29, 0.717) is 18.8 Å². The number of esters is 1. The number of sulfonamides is 1. The maximum absolute atomic E-state index is 12.5. The van der Waals surface area contributed by atoms with Crippen molar-refractivity contribution < 1.29 is 22.7 Å². The zero-order chi connectivity index (χ0) is 20.0. The molecule has 144 valence electrons. The summed E-state index contributed by atoms with van der Waals surface area (Å²) in [6, 6.07) is 12.2. The Bertz CT molecular complexity index is 919. The van der Waals surface area contributed by atoms with Crippen molar-refractivity contribution in [3.63, 3.8) is 0 Å². The number of carbonyl (C=O) groups is 2. The van der Waals surface area contributed by atoms with E-state index >= 15 is 0 Å². The summed E-state index contributed by atoms with van der Waals surface area (Å²) in [7, 11) is -2.32. The molecule has 7 nitrogen and oxygen atoms in total. The van der Waals surface area contributed by atoms with Gasteiger partial charge in [0.05, 0.1) is 23.1 Å². The first-order chi connectivity index (χ1) is 12.8. The van der Waals surface area contributed by atoms with E-state index in [9.17, 15) is 18.0 Å². The summed E-state index contributed by atoms with van der Waals surface area (Å²) in [5, 5.41) is 2.66. The van der Waals surface area contributed by atoms with E-state index in [1.54, 1.807) is 26.0 Å². The quantitative estimate of drug-likeness (QED) is 0.734. The maximum Gasteiger partial charge on any atom is 0.338 e. The second kappa shape index (κ2) is 8.79. The van der Waals surface area contributed by atoms with Crippen LogP contribution in [0.15, 0.2) is 53.4 Å². The average Bonchev–Trinajstić information content (AvgIpc) is 2.68. The molecule has 0 bridgehead atoms. The number of ether oxygens (including phenoxy) is 1. The van der Waals surface area contributed by atoms with Crippen LogP contribution in [0.1, 0.15) is 34.6 Å². The fourth-order valence-corrected chi connectivity index (χ4v) is 4.05. The molecule has 0 spiro atoms. The molecular formula is C19H22N2O5S. The lowest BCUT2D eigenvalue weighted by Gasteiger charge is -2.18. The largest absolute Gasteiger partial charge is 0.465 e. The molecule has 1 N–H and O–H groups in total. The van der Waals surface area contributed by atoms with E-state index < -0.39 is 21.9 Å². The number of rotatable bonds is 7. The van der Waals surface area contributed by atoms with Gasteiger partial charge in [-0.1, -0.05) is 26.0 Å². The smallest absolute Gasteiger partial charge is 0.338 e. The minimum Gasteiger partial charge on any atom is -0.465 e. The van der Waals surface area contributed by atoms with Gasteiger partial charge >= 0.3 is 5.97 Å². The zero-order valence-corrected chi connectivity index (χ0v) is 16.2. The van der Waals surface area contributed by atoms with Gasteiger partial charge in [0.25, 0.3) is 5.91 Å². The fourth-order valence-electron chi connectivity index (χ4n) is 2.59. The van der Waals surface area contributed by atoms with Gasteiger partial charge in [0.15, 0.2) is 0 Å². The topological polar surface area (TPSA) is 92.8 Å². The molecule has 0 aliphatic carbocycles. The molecule has 0 aliphatic heterocycles. The van der Waals surface area contributed by atoms with E-state index in [1.807, 2.05) is 0 Å². The van der Waals surface area contributed by atoms with Gasteiger partial charge in [0.1, 0.15) is 0 Å². The normalized spacial score (nSPS) is 11.3. The van der Waals surface area contributed by atoms with Gasteiger partial charge in [-0.3, -0.25) is 4.79 Å². The molecule has 2 aromatic carbocycles. The van der Waals surface area contributed by atoms with Crippen molar-refractivity contribution in [1.82, 2.24) is 4.31 Å². The third-order valence-corrected chi connectivity index (χ3v) is 6.10. The van der Waals surface area contributed by atoms with Crippen molar-refractivity contribution in [2.75, 3.05) is 25.5 Å². The third kappa shape index (κ3) is 4.53. The highest BCUT2D eigenvalue weighted by Crippen LogP contribution is 2.19. The van der Waals surface area contributed by atoms with Crippen LogP contribution in [-0.4, -0.2) is 44.8 Å². The second-order valence-electron chi connectivity index (χ2n) is 5.60. The number of nitrogens with zero attached hydrogens (tertiary/aromatic N) is 1. The highest BCUT2D eigenvalue weighted by Gasteiger charge is 2.22. The Hall–Kier alpha value is -2.71. The molecule has 27 heavy (non-hydrogen) atoms. The van der Waals surface area contributed by atoms with E-state index in [2.05, 4.69) is 10.1 Å². The fraction of sp³-hybridized carbons (Fsp3) is 0.263. The first-order valence-electron chi connectivity index (χ1n) is 8.44. The van der Waals surface area contributed by atoms with Crippen LogP contribution in [0.25, 0.3) is 0 Å². The first kappa shape index (κ1) is 20.6. The molecule has 0 heterocycles. The van der Waals surface area contributed by atoms with E-state index in [-0.39, 0.29) is 16.0 Å². The Labute approximate surface area is 159 Å². The van der Waals surface area contributed by atoms with Crippen LogP contribution in [0.5, 0.6) is 0 Å². The Kier molecular flexibility index (Phi) is 6.70. The Morgan fingerprint density at radius 2 is 1.52 bits per heavy atom. The summed E-state index contributed by atoms with van der Waals surface area (Å²) in [4.78, 5) is 24.4. The number of anilines is 1. The third-order valence-electron chi connectivity index (χ3n) is 4.03. The van der Waals surface area contributed by atoms with E-state index in [4.69, 9.17) is 0 Å². The number of hydrogen-bond acceptors (Lipinski definition) is 5. The maximum atomic E-state index is 12.5. The monoisotopic (exact) mass is 390 g/mol. The Morgan fingerprint density at radius 3 is 2.04 bits per heavy atom. The molecule has 0 aromatic heterocycles. The number of methoxy groups -OCH3 is 1. The van der Waals surface area contributed by atoms with Crippen molar-refractivity contribution in [2.24, 2.45) is 0 Å². The van der Waals surface area contributed by atoms with Crippen LogP contribution in [0.3, 0.4) is 0 Å². The van der Waals surface area contributed by atoms with Gasteiger partial charge in [-0.05, 0) is 36.4 Å². The van der Waals surface area contributed by atoms with Crippen LogP contribution in [0.4, 0.5) is 5.69 Å². The average molecular weight is 390 g/mol. The van der Waals surface area contributed by atoms with Crippen molar-refractivity contribution in [3.8, 4) is 0 Å². The molecule has 2 rings (SSSR count). The number of carbonyl (C=O) groups excluding carboxylic acids is 2. The van der Waals surface area contributed by atoms with Crippen molar-refractivity contribution in [2.45, 2.75) is 18.7 Å². The molecule has 8 heteroatoms. The predicted octanol–water partition coefficient (Wildman–Crippen LogP) is 2.76. The SMILES string of the molecule is CCN(CC)S(=O)(=O)c1ccc(NC(=O)c2ccccc2C(=O)OC)cc1. The summed E-state index contributed by atoms with van der Waals surface area (Å²) in [5.74, 6) is -1.10. The van der Waals surface area contributed by atoms with E-state index in [0.717, 1.165) is 0 Å². The summed E-state index contributed by atoms with van der Waals surface area (Å²) < 4.78 is 31.0. The van der Waals surface area contributed by atoms with Crippen molar-refractivity contribution in [1.29, 1.82) is 0 Å². The lowest BCUT2D eigenvalue weighted by atomic mass is 10.1.